The average molecular weight is 472 g/mol. The van der Waals surface area contributed by atoms with E-state index in [1.54, 1.807) is 0 Å². The van der Waals surface area contributed by atoms with Crippen molar-refractivity contribution in [3.63, 3.8) is 0 Å². The molecule has 6 heteroatoms. The minimum atomic E-state index is 0. The number of ether oxygens (including phenoxy) is 1. The van der Waals surface area contributed by atoms with Crippen LogP contribution in [0.1, 0.15) is 64.0 Å². The van der Waals surface area contributed by atoms with Crippen LogP contribution in [0.25, 0.3) is 5.59 Å². The molecule has 0 saturated heterocycles. The average Bonchev–Trinajstić information content (AvgIpc) is 2.75. The van der Waals surface area contributed by atoms with Crippen LogP contribution in [-0.2, 0) is 21.2 Å². The van der Waals surface area contributed by atoms with E-state index in [9.17, 15) is 0 Å². The maximum Gasteiger partial charge on any atom is 2.00 e. The zero-order valence-electron chi connectivity index (χ0n) is 19.6. The number of hydrogen-bond acceptors (Lipinski definition) is 4. The molecule has 0 spiro atoms. The molecule has 2 aromatic rings. The van der Waals surface area contributed by atoms with E-state index >= 15 is 0 Å². The van der Waals surface area contributed by atoms with Gasteiger partial charge in [0.25, 0.3) is 0 Å². The number of para-hydroxylation sites is 2. The molecule has 0 atom stereocenters. The first kappa shape index (κ1) is 31.3. The van der Waals surface area contributed by atoms with Crippen LogP contribution in [0, 0.1) is 11.8 Å². The Morgan fingerprint density at radius 2 is 1.13 bits per heavy atom. The van der Waals surface area contributed by atoms with Gasteiger partial charge in [-0.25, -0.2) is 0 Å². The van der Waals surface area contributed by atoms with Crippen LogP contribution in [0.4, 0.5) is 11.4 Å². The van der Waals surface area contributed by atoms with Gasteiger partial charge in [-0.2, -0.15) is 6.42 Å². The Hall–Kier alpha value is -1.91. The van der Waals surface area contributed by atoms with Crippen molar-refractivity contribution in [1.82, 2.24) is 0 Å². The molecule has 0 unspecified atom stereocenters. The first-order chi connectivity index (χ1) is 14.5. The molecule has 0 aliphatic heterocycles. The molecule has 2 aromatic carbocycles. The van der Waals surface area contributed by atoms with E-state index in [-0.39, 0.29) is 16.5 Å². The fourth-order valence-electron chi connectivity index (χ4n) is 2.94. The number of nitrogens with one attached hydrogen (secondary N) is 2. The standard InChI is InChI=1S/C22H32N2O.C3H7.NO.Ni/c1-17(2)19-9-5-7-11-21(19)23-13-15-25-16-14-24-22-12-8-6-10-20(22)18(3)4;1-3-2;1-2;/h5-12,17-18,23-24H,13-16H2,1-4H3;1,3H2,2H3;;/q;2*-1;+2. The molecule has 0 aliphatic carbocycles. The summed E-state index contributed by atoms with van der Waals surface area (Å²) in [7, 11) is 0. The Labute approximate surface area is 199 Å². The Morgan fingerprint density at radius 1 is 0.806 bits per heavy atom. The molecule has 0 fully saturated rings. The van der Waals surface area contributed by atoms with Crippen molar-refractivity contribution in [2.75, 3.05) is 36.9 Å². The van der Waals surface area contributed by atoms with E-state index < -0.39 is 0 Å². The Bertz CT molecular complexity index is 626. The van der Waals surface area contributed by atoms with Crippen LogP contribution in [0.3, 0.4) is 0 Å². The van der Waals surface area contributed by atoms with E-state index in [0.29, 0.717) is 25.0 Å². The number of anilines is 2. The van der Waals surface area contributed by atoms with E-state index in [1.165, 1.54) is 22.5 Å². The van der Waals surface area contributed by atoms with Gasteiger partial charge in [-0.3, -0.25) is 0 Å². The van der Waals surface area contributed by atoms with Crippen LogP contribution in [0.5, 0.6) is 0 Å². The molecule has 0 aromatic heterocycles. The monoisotopic (exact) mass is 471 g/mol. The normalized spacial score (nSPS) is 9.68. The van der Waals surface area contributed by atoms with Crippen molar-refractivity contribution in [1.29, 1.82) is 0 Å². The molecule has 2 rings (SSSR count). The maximum absolute atomic E-state index is 7.25. The van der Waals surface area contributed by atoms with Gasteiger partial charge < -0.3 is 32.8 Å². The van der Waals surface area contributed by atoms with Gasteiger partial charge in [0.1, 0.15) is 0 Å². The minimum Gasteiger partial charge on any atom is -0.577 e. The van der Waals surface area contributed by atoms with E-state index in [0.717, 1.165) is 19.5 Å². The second kappa shape index (κ2) is 20.0. The van der Waals surface area contributed by atoms with Crippen molar-refractivity contribution >= 4 is 11.4 Å². The third-order valence-electron chi connectivity index (χ3n) is 4.29. The van der Waals surface area contributed by atoms with E-state index in [2.05, 4.69) is 93.8 Å². The molecule has 2 N–H and O–H groups in total. The molecule has 0 radical (unpaired) electrons. The van der Waals surface area contributed by atoms with Crippen LogP contribution >= 0.6 is 0 Å². The summed E-state index contributed by atoms with van der Waals surface area (Å²) < 4.78 is 5.75. The van der Waals surface area contributed by atoms with Crippen molar-refractivity contribution in [3.8, 4) is 0 Å². The largest absolute Gasteiger partial charge is 2.00 e. The molecule has 31 heavy (non-hydrogen) atoms. The van der Waals surface area contributed by atoms with Gasteiger partial charge in [-0.15, -0.1) is 0 Å². The molecule has 5 nitrogen and oxygen atoms in total. The molecular formula is C25H39N3NiO2. The molecule has 0 aliphatic rings. The Morgan fingerprint density at radius 3 is 1.45 bits per heavy atom. The zero-order chi connectivity index (χ0) is 22.8. The van der Waals surface area contributed by atoms with Gasteiger partial charge in [0.05, 0.1) is 13.2 Å². The van der Waals surface area contributed by atoms with E-state index in [1.807, 2.05) is 6.92 Å². The SMILES string of the molecule is CC(C)c1ccccc1NCCOCCNc1ccccc1C(C)C.[CH2-]CC.[N-]=O.[Ni+2]. The van der Waals surface area contributed by atoms with Gasteiger partial charge >= 0.3 is 16.5 Å². The molecule has 176 valence electrons. The van der Waals surface area contributed by atoms with Crippen LogP contribution < -0.4 is 10.6 Å². The summed E-state index contributed by atoms with van der Waals surface area (Å²) in [5, 5.41) is 6.96. The van der Waals surface area contributed by atoms with Gasteiger partial charge in [0.2, 0.25) is 0 Å². The van der Waals surface area contributed by atoms with Crippen LogP contribution in [-0.4, -0.2) is 26.3 Å². The quantitative estimate of drug-likeness (QED) is 0.221. The third kappa shape index (κ3) is 13.2. The summed E-state index contributed by atoms with van der Waals surface area (Å²) in [5.74, 6) is 1.05. The second-order valence-electron chi connectivity index (χ2n) is 7.45. The van der Waals surface area contributed by atoms with E-state index in [4.69, 9.17) is 15.2 Å². The smallest absolute Gasteiger partial charge is 0.577 e. The van der Waals surface area contributed by atoms with Crippen molar-refractivity contribution in [2.24, 2.45) is 0 Å². The molecule has 0 amide bonds. The van der Waals surface area contributed by atoms with Gasteiger partial charge in [-0.1, -0.05) is 71.0 Å². The Kier molecular flexibility index (Phi) is 20.2. The molecule has 0 heterocycles. The van der Waals surface area contributed by atoms with Crippen molar-refractivity contribution in [2.45, 2.75) is 52.9 Å². The van der Waals surface area contributed by atoms with Crippen molar-refractivity contribution < 1.29 is 21.2 Å². The number of nitroso groups, excluding NO2 is 1. The number of hydrogen-bond donors (Lipinski definition) is 2. The van der Waals surface area contributed by atoms with Gasteiger partial charge in [-0.05, 0) is 35.1 Å². The topological polar surface area (TPSA) is 72.7 Å². The first-order valence-electron chi connectivity index (χ1n) is 10.7. The van der Waals surface area contributed by atoms with Gasteiger partial charge in [0, 0.05) is 24.5 Å². The summed E-state index contributed by atoms with van der Waals surface area (Å²) in [6.07, 6.45) is 1.00. The molecular weight excluding hydrogens is 433 g/mol. The predicted molar refractivity (Wildman–Crippen MR) is 131 cm³/mol. The molecule has 0 bridgehead atoms. The fourth-order valence-corrected chi connectivity index (χ4v) is 2.94. The zero-order valence-corrected chi connectivity index (χ0v) is 20.6. The molecule has 0 saturated carbocycles. The summed E-state index contributed by atoms with van der Waals surface area (Å²) in [4.78, 5) is 7.25. The number of benzene rings is 2. The Balaban J connectivity index is 0. The van der Waals surface area contributed by atoms with Crippen LogP contribution in [0.2, 0.25) is 0 Å². The van der Waals surface area contributed by atoms with Gasteiger partial charge in [0.15, 0.2) is 0 Å². The number of nitrogens with zero attached hydrogens (tertiary/aromatic N) is 1. The maximum atomic E-state index is 7.25. The van der Waals surface area contributed by atoms with Crippen molar-refractivity contribution in [3.05, 3.63) is 77.1 Å². The number of rotatable bonds is 10. The fraction of sp³-hybridized carbons (Fsp3) is 0.480. The first-order valence-corrected chi connectivity index (χ1v) is 10.7. The van der Waals surface area contributed by atoms with Crippen LogP contribution in [0.15, 0.2) is 48.5 Å². The second-order valence-corrected chi connectivity index (χ2v) is 7.45. The summed E-state index contributed by atoms with van der Waals surface area (Å²) >= 11 is 0. The summed E-state index contributed by atoms with van der Waals surface area (Å²) in [6.45, 7) is 17.4. The minimum absolute atomic E-state index is 0. The summed E-state index contributed by atoms with van der Waals surface area (Å²) in [5.41, 5.74) is 10.9. The predicted octanol–water partition coefficient (Wildman–Crippen LogP) is 7.02. The summed E-state index contributed by atoms with van der Waals surface area (Å²) in [6, 6.07) is 17.0. The third-order valence-corrected chi connectivity index (χ3v) is 4.29.